The molecule has 25 heavy (non-hydrogen) atoms. The zero-order valence-corrected chi connectivity index (χ0v) is 14.1. The van der Waals surface area contributed by atoms with Gasteiger partial charge in [-0.1, -0.05) is 30.3 Å². The van der Waals surface area contributed by atoms with Gasteiger partial charge in [-0.05, 0) is 24.6 Å². The maximum atomic E-state index is 12.7. The number of likely N-dealkylation sites (N-methyl/N-ethyl adjacent to an activating group) is 1. The van der Waals surface area contributed by atoms with Crippen molar-refractivity contribution < 1.29 is 14.3 Å². The molecule has 1 fully saturated rings. The molecule has 1 amide bonds. The van der Waals surface area contributed by atoms with Gasteiger partial charge in [0.2, 0.25) is 5.91 Å². The van der Waals surface area contributed by atoms with Crippen LogP contribution in [0.1, 0.15) is 12.5 Å². The summed E-state index contributed by atoms with van der Waals surface area (Å²) >= 11 is 0. The molecule has 1 aromatic heterocycles. The van der Waals surface area contributed by atoms with Gasteiger partial charge in [-0.15, -0.1) is 0 Å². The zero-order valence-electron chi connectivity index (χ0n) is 14.1. The Bertz CT molecular complexity index is 937. The van der Waals surface area contributed by atoms with Crippen molar-refractivity contribution in [2.75, 3.05) is 11.9 Å². The van der Waals surface area contributed by atoms with Crippen molar-refractivity contribution in [2.45, 2.75) is 24.9 Å². The number of hydrogen-bond donors (Lipinski definition) is 2. The Morgan fingerprint density at radius 1 is 1.32 bits per heavy atom. The summed E-state index contributed by atoms with van der Waals surface area (Å²) in [4.78, 5) is 19.1. The number of aromatic nitrogens is 1. The maximum Gasteiger partial charge on any atom is 0.299 e. The normalized spacial score (nSPS) is 22.2. The van der Waals surface area contributed by atoms with Crippen molar-refractivity contribution in [3.8, 4) is 5.75 Å². The smallest absolute Gasteiger partial charge is 0.299 e. The molecule has 3 aromatic rings. The van der Waals surface area contributed by atoms with E-state index in [-0.39, 0.29) is 17.7 Å². The fourth-order valence-electron chi connectivity index (χ4n) is 3.56. The van der Waals surface area contributed by atoms with E-state index in [1.807, 2.05) is 42.2 Å². The number of nitrogens with zero attached hydrogens (tertiary/aromatic N) is 2. The molecule has 0 saturated carbocycles. The van der Waals surface area contributed by atoms with E-state index in [1.54, 1.807) is 19.2 Å². The van der Waals surface area contributed by atoms with Gasteiger partial charge in [0.05, 0.1) is 6.04 Å². The minimum absolute atomic E-state index is 0.0469. The first-order chi connectivity index (χ1) is 12.1. The highest BCUT2D eigenvalue weighted by molar-refractivity contribution is 5.97. The molecule has 0 aliphatic carbocycles. The number of aromatic hydroxyl groups is 1. The third-order valence-corrected chi connectivity index (χ3v) is 4.94. The number of nitrogens with one attached hydrogen (secondary N) is 1. The van der Waals surface area contributed by atoms with Crippen molar-refractivity contribution >= 4 is 23.0 Å². The molecule has 128 valence electrons. The lowest BCUT2D eigenvalue weighted by molar-refractivity contribution is -0.122. The van der Waals surface area contributed by atoms with Crippen molar-refractivity contribution in [1.82, 2.24) is 10.3 Å². The number of phenolic OH excluding ortho intramolecular Hbond substituents is 1. The Morgan fingerprint density at radius 2 is 2.08 bits per heavy atom. The first kappa shape index (κ1) is 15.5. The van der Waals surface area contributed by atoms with E-state index in [4.69, 9.17) is 4.42 Å². The predicted octanol–water partition coefficient (Wildman–Crippen LogP) is 2.47. The average Bonchev–Trinajstić information content (AvgIpc) is 3.00. The molecule has 4 rings (SSSR count). The van der Waals surface area contributed by atoms with E-state index in [0.29, 0.717) is 23.5 Å². The Labute approximate surface area is 145 Å². The van der Waals surface area contributed by atoms with E-state index in [0.717, 1.165) is 5.56 Å². The third kappa shape index (κ3) is 2.33. The number of fused-ring (bicyclic) bond motifs is 1. The minimum atomic E-state index is -0.723. The zero-order chi connectivity index (χ0) is 17.6. The van der Waals surface area contributed by atoms with Gasteiger partial charge in [0.1, 0.15) is 16.8 Å². The molecule has 6 heteroatoms. The quantitative estimate of drug-likeness (QED) is 0.715. The second-order valence-electron chi connectivity index (χ2n) is 6.36. The van der Waals surface area contributed by atoms with Crippen LogP contribution in [-0.4, -0.2) is 34.6 Å². The summed E-state index contributed by atoms with van der Waals surface area (Å²) in [5.74, 6) is 0.0600. The highest BCUT2D eigenvalue weighted by Gasteiger charge is 2.67. The lowest BCUT2D eigenvalue weighted by Gasteiger charge is -2.15. The van der Waals surface area contributed by atoms with Crippen LogP contribution in [-0.2, 0) is 11.2 Å². The van der Waals surface area contributed by atoms with Crippen LogP contribution in [0.5, 0.6) is 5.75 Å². The molecule has 1 aliphatic rings. The van der Waals surface area contributed by atoms with Crippen molar-refractivity contribution in [1.29, 1.82) is 0 Å². The topological polar surface area (TPSA) is 78.4 Å². The van der Waals surface area contributed by atoms with Gasteiger partial charge in [-0.25, -0.2) is 0 Å². The molecule has 2 aromatic carbocycles. The van der Waals surface area contributed by atoms with Crippen molar-refractivity contribution in [3.63, 3.8) is 0 Å². The lowest BCUT2D eigenvalue weighted by Crippen LogP contribution is -2.41. The number of carbonyl (C=O) groups is 1. The first-order valence-corrected chi connectivity index (χ1v) is 8.21. The Hall–Kier alpha value is -3.02. The number of hydrogen-bond acceptors (Lipinski definition) is 5. The van der Waals surface area contributed by atoms with Crippen LogP contribution in [0.3, 0.4) is 0 Å². The molecule has 2 heterocycles. The van der Waals surface area contributed by atoms with E-state index in [1.165, 1.54) is 6.07 Å². The van der Waals surface area contributed by atoms with Crippen LogP contribution in [0.2, 0.25) is 0 Å². The monoisotopic (exact) mass is 337 g/mol. The summed E-state index contributed by atoms with van der Waals surface area (Å²) in [6, 6.07) is 15.0. The second-order valence-corrected chi connectivity index (χ2v) is 6.36. The lowest BCUT2D eigenvalue weighted by atomic mass is 9.95. The first-order valence-electron chi connectivity index (χ1n) is 8.21. The van der Waals surface area contributed by atoms with E-state index in [2.05, 4.69) is 10.3 Å². The predicted molar refractivity (Wildman–Crippen MR) is 94.6 cm³/mol. The van der Waals surface area contributed by atoms with Crippen LogP contribution >= 0.6 is 0 Å². The average molecular weight is 337 g/mol. The largest absolute Gasteiger partial charge is 0.508 e. The number of oxazole rings is 1. The summed E-state index contributed by atoms with van der Waals surface area (Å²) in [6.45, 7) is 1.99. The molecular formula is C19H19N3O3. The highest BCUT2D eigenvalue weighted by atomic mass is 16.4. The summed E-state index contributed by atoms with van der Waals surface area (Å²) in [6.07, 6.45) is 0.568. The SMILES string of the molecule is CNC(=O)[C@]1(Cc2ccccc2)C(C)N1c1nc2ccc(O)cc2o1. The maximum absolute atomic E-state index is 12.7. The van der Waals surface area contributed by atoms with Crippen LogP contribution in [0, 0.1) is 0 Å². The highest BCUT2D eigenvalue weighted by Crippen LogP contribution is 2.48. The summed E-state index contributed by atoms with van der Waals surface area (Å²) < 4.78 is 5.81. The van der Waals surface area contributed by atoms with Gasteiger partial charge in [0.15, 0.2) is 5.58 Å². The fourth-order valence-corrected chi connectivity index (χ4v) is 3.56. The van der Waals surface area contributed by atoms with Crippen molar-refractivity contribution in [3.05, 3.63) is 54.1 Å². The Balaban J connectivity index is 1.73. The van der Waals surface area contributed by atoms with Gasteiger partial charge in [0.25, 0.3) is 6.01 Å². The molecule has 1 saturated heterocycles. The molecule has 1 unspecified atom stereocenters. The van der Waals surface area contributed by atoms with Crippen LogP contribution < -0.4 is 10.2 Å². The van der Waals surface area contributed by atoms with Crippen LogP contribution in [0.15, 0.2) is 52.9 Å². The molecular weight excluding hydrogens is 318 g/mol. The van der Waals surface area contributed by atoms with E-state index in [9.17, 15) is 9.90 Å². The van der Waals surface area contributed by atoms with Crippen molar-refractivity contribution in [2.24, 2.45) is 0 Å². The van der Waals surface area contributed by atoms with Gasteiger partial charge in [-0.3, -0.25) is 4.79 Å². The number of carbonyl (C=O) groups excluding carboxylic acids is 1. The molecule has 0 spiro atoms. The van der Waals surface area contributed by atoms with Gasteiger partial charge in [-0.2, -0.15) is 4.98 Å². The number of rotatable bonds is 4. The third-order valence-electron chi connectivity index (χ3n) is 4.94. The van der Waals surface area contributed by atoms with Crippen LogP contribution in [0.4, 0.5) is 6.01 Å². The molecule has 2 atom stereocenters. The second kappa shape index (κ2) is 5.51. The molecule has 1 aliphatic heterocycles. The molecule has 2 N–H and O–H groups in total. The summed E-state index contributed by atoms with van der Waals surface area (Å²) in [7, 11) is 1.64. The number of benzene rings is 2. The summed E-state index contributed by atoms with van der Waals surface area (Å²) in [5.41, 5.74) is 1.50. The Morgan fingerprint density at radius 3 is 2.80 bits per heavy atom. The van der Waals surface area contributed by atoms with Crippen LogP contribution in [0.25, 0.3) is 11.1 Å². The van der Waals surface area contributed by atoms with E-state index < -0.39 is 5.54 Å². The fraction of sp³-hybridized carbons (Fsp3) is 0.263. The Kier molecular flexibility index (Phi) is 3.42. The standard InChI is InChI=1S/C19H19N3O3/c1-12-19(17(24)20-2,11-13-6-4-3-5-7-13)22(12)18-21-15-9-8-14(23)10-16(15)25-18/h3-10,12,23H,11H2,1-2H3,(H,20,24)/t12?,19-,22?/m0/s1. The van der Waals surface area contributed by atoms with E-state index >= 15 is 0 Å². The molecule has 0 radical (unpaired) electrons. The van der Waals surface area contributed by atoms with Gasteiger partial charge in [0, 0.05) is 19.5 Å². The number of phenols is 1. The van der Waals surface area contributed by atoms with Gasteiger partial charge >= 0.3 is 0 Å². The molecule has 6 nitrogen and oxygen atoms in total. The summed E-state index contributed by atoms with van der Waals surface area (Å²) in [5, 5.41) is 12.4. The molecule has 0 bridgehead atoms. The minimum Gasteiger partial charge on any atom is -0.508 e. The van der Waals surface area contributed by atoms with Gasteiger partial charge < -0.3 is 19.7 Å². The number of anilines is 1. The number of amides is 1.